The number of hydrogen-bond donors (Lipinski definition) is 3. The van der Waals surface area contributed by atoms with Crippen LogP contribution in [0.4, 0.5) is 0 Å². The molecule has 0 rings (SSSR count). The lowest BCUT2D eigenvalue weighted by atomic mass is 10.00. The second-order valence-electron chi connectivity index (χ2n) is 6.97. The van der Waals surface area contributed by atoms with Crippen molar-refractivity contribution in [1.29, 1.82) is 0 Å². The molecule has 0 aliphatic heterocycles. The standard InChI is InChI=1S/C19H41O6P/c1-3-5-6-7-8-9-12-15-18(20)19(21)16-13-10-11-14-17-25-26(22,23)24-4-2/h18-21H,3-17H2,1-2H3,(H,22,23). The minimum Gasteiger partial charge on any atom is -0.390 e. The van der Waals surface area contributed by atoms with Gasteiger partial charge in [-0.25, -0.2) is 4.57 Å². The van der Waals surface area contributed by atoms with Crippen LogP contribution < -0.4 is 0 Å². The lowest BCUT2D eigenvalue weighted by molar-refractivity contribution is 0.00708. The fourth-order valence-electron chi connectivity index (χ4n) is 2.88. The van der Waals surface area contributed by atoms with Gasteiger partial charge in [-0.2, -0.15) is 0 Å². The molecule has 158 valence electrons. The summed E-state index contributed by atoms with van der Waals surface area (Å²) in [6.07, 6.45) is 11.7. The number of rotatable bonds is 19. The SMILES string of the molecule is CCCCCCCCCC(O)C(O)CCCCCCOP(=O)(O)OCC. The van der Waals surface area contributed by atoms with Crippen LogP contribution in [0.25, 0.3) is 0 Å². The topological polar surface area (TPSA) is 96.2 Å². The van der Waals surface area contributed by atoms with Crippen LogP contribution in [-0.4, -0.2) is 40.5 Å². The molecule has 0 fully saturated rings. The van der Waals surface area contributed by atoms with Gasteiger partial charge in [0, 0.05) is 0 Å². The predicted molar refractivity (Wildman–Crippen MR) is 105 cm³/mol. The van der Waals surface area contributed by atoms with Crippen molar-refractivity contribution in [1.82, 2.24) is 0 Å². The average molecular weight is 397 g/mol. The minimum atomic E-state index is -3.87. The number of phosphoric ester groups is 1. The third kappa shape index (κ3) is 16.2. The van der Waals surface area contributed by atoms with Crippen LogP contribution in [-0.2, 0) is 13.6 Å². The summed E-state index contributed by atoms with van der Waals surface area (Å²) in [5.74, 6) is 0. The molecule has 3 unspecified atom stereocenters. The Labute approximate surface area is 159 Å². The van der Waals surface area contributed by atoms with Crippen molar-refractivity contribution in [2.75, 3.05) is 13.2 Å². The van der Waals surface area contributed by atoms with Gasteiger partial charge >= 0.3 is 7.82 Å². The van der Waals surface area contributed by atoms with Gasteiger partial charge in [-0.15, -0.1) is 0 Å². The van der Waals surface area contributed by atoms with Gasteiger partial charge in [-0.1, -0.05) is 71.1 Å². The van der Waals surface area contributed by atoms with Gasteiger partial charge < -0.3 is 15.1 Å². The highest BCUT2D eigenvalue weighted by atomic mass is 31.2. The molecule has 0 aromatic rings. The minimum absolute atomic E-state index is 0.146. The van der Waals surface area contributed by atoms with E-state index < -0.39 is 20.0 Å². The Hall–Kier alpha value is 0.0300. The molecule has 0 spiro atoms. The van der Waals surface area contributed by atoms with Gasteiger partial charge in [0.1, 0.15) is 0 Å². The zero-order chi connectivity index (χ0) is 19.7. The van der Waals surface area contributed by atoms with E-state index in [2.05, 4.69) is 11.4 Å². The molecular formula is C19H41O6P. The maximum Gasteiger partial charge on any atom is 0.472 e. The molecule has 7 heteroatoms. The van der Waals surface area contributed by atoms with E-state index >= 15 is 0 Å². The van der Waals surface area contributed by atoms with Crippen LogP contribution in [0, 0.1) is 0 Å². The third-order valence-corrected chi connectivity index (χ3v) is 5.58. The Bertz CT molecular complexity index is 353. The molecule has 26 heavy (non-hydrogen) atoms. The third-order valence-electron chi connectivity index (χ3n) is 4.49. The van der Waals surface area contributed by atoms with Crippen molar-refractivity contribution in [2.24, 2.45) is 0 Å². The molecule has 0 saturated carbocycles. The van der Waals surface area contributed by atoms with E-state index in [1.807, 2.05) is 0 Å². The van der Waals surface area contributed by atoms with Crippen LogP contribution in [0.2, 0.25) is 0 Å². The first-order chi connectivity index (χ1) is 12.4. The van der Waals surface area contributed by atoms with E-state index in [9.17, 15) is 19.7 Å². The summed E-state index contributed by atoms with van der Waals surface area (Å²) in [7, 11) is -3.87. The first-order valence-corrected chi connectivity index (χ1v) is 11.9. The molecule has 3 atom stereocenters. The Kier molecular flexibility index (Phi) is 17.2. The summed E-state index contributed by atoms with van der Waals surface area (Å²) in [4.78, 5) is 9.24. The fourth-order valence-corrected chi connectivity index (χ4v) is 3.65. The van der Waals surface area contributed by atoms with Crippen molar-refractivity contribution in [3.8, 4) is 0 Å². The molecule has 0 radical (unpaired) electrons. The van der Waals surface area contributed by atoms with Crippen LogP contribution in [0.15, 0.2) is 0 Å². The molecule has 0 aromatic heterocycles. The molecule has 0 aliphatic carbocycles. The van der Waals surface area contributed by atoms with Crippen LogP contribution in [0.5, 0.6) is 0 Å². The summed E-state index contributed by atoms with van der Waals surface area (Å²) in [6, 6.07) is 0. The van der Waals surface area contributed by atoms with Crippen LogP contribution in [0.1, 0.15) is 97.3 Å². The highest BCUT2D eigenvalue weighted by Crippen LogP contribution is 2.42. The fraction of sp³-hybridized carbons (Fsp3) is 1.00. The van der Waals surface area contributed by atoms with Gasteiger partial charge in [0.25, 0.3) is 0 Å². The van der Waals surface area contributed by atoms with E-state index in [4.69, 9.17) is 4.52 Å². The molecule has 0 amide bonds. The average Bonchev–Trinajstić information content (AvgIpc) is 2.59. The van der Waals surface area contributed by atoms with E-state index in [1.165, 1.54) is 32.1 Å². The molecule has 6 nitrogen and oxygen atoms in total. The quantitative estimate of drug-likeness (QED) is 0.211. The van der Waals surface area contributed by atoms with Gasteiger partial charge in [-0.3, -0.25) is 9.05 Å². The van der Waals surface area contributed by atoms with Gasteiger partial charge in [0.2, 0.25) is 0 Å². The molecular weight excluding hydrogens is 355 g/mol. The zero-order valence-electron chi connectivity index (χ0n) is 16.8. The molecule has 0 heterocycles. The Morgan fingerprint density at radius 2 is 1.19 bits per heavy atom. The van der Waals surface area contributed by atoms with Gasteiger partial charge in [-0.05, 0) is 26.2 Å². The van der Waals surface area contributed by atoms with Crippen molar-refractivity contribution in [3.05, 3.63) is 0 Å². The van der Waals surface area contributed by atoms with Crippen molar-refractivity contribution in [2.45, 2.75) is 110 Å². The Balaban J connectivity index is 3.49. The van der Waals surface area contributed by atoms with Crippen LogP contribution >= 0.6 is 7.82 Å². The van der Waals surface area contributed by atoms with E-state index in [0.717, 1.165) is 32.1 Å². The monoisotopic (exact) mass is 396 g/mol. The van der Waals surface area contributed by atoms with Crippen molar-refractivity contribution >= 4 is 7.82 Å². The number of phosphoric acid groups is 1. The second kappa shape index (κ2) is 17.2. The van der Waals surface area contributed by atoms with Gasteiger partial charge in [0.15, 0.2) is 0 Å². The number of hydrogen-bond acceptors (Lipinski definition) is 5. The molecule has 3 N–H and O–H groups in total. The highest BCUT2D eigenvalue weighted by Gasteiger charge is 2.19. The maximum atomic E-state index is 11.3. The summed E-state index contributed by atoms with van der Waals surface area (Å²) < 4.78 is 20.7. The largest absolute Gasteiger partial charge is 0.472 e. The lowest BCUT2D eigenvalue weighted by Crippen LogP contribution is -2.25. The normalized spacial score (nSPS) is 16.3. The summed E-state index contributed by atoms with van der Waals surface area (Å²) in [6.45, 7) is 4.19. The zero-order valence-corrected chi connectivity index (χ0v) is 17.7. The second-order valence-corrected chi connectivity index (χ2v) is 8.42. The highest BCUT2D eigenvalue weighted by molar-refractivity contribution is 7.47. The van der Waals surface area contributed by atoms with Crippen molar-refractivity contribution < 1.29 is 28.7 Å². The van der Waals surface area contributed by atoms with Crippen molar-refractivity contribution in [3.63, 3.8) is 0 Å². The predicted octanol–water partition coefficient (Wildman–Crippen LogP) is 4.95. The summed E-state index contributed by atoms with van der Waals surface area (Å²) >= 11 is 0. The smallest absolute Gasteiger partial charge is 0.390 e. The molecule has 0 bridgehead atoms. The lowest BCUT2D eigenvalue weighted by Gasteiger charge is -2.17. The van der Waals surface area contributed by atoms with Crippen LogP contribution in [0.3, 0.4) is 0 Å². The first-order valence-electron chi connectivity index (χ1n) is 10.4. The maximum absolute atomic E-state index is 11.3. The molecule has 0 aliphatic rings. The number of unbranched alkanes of at least 4 members (excludes halogenated alkanes) is 9. The summed E-state index contributed by atoms with van der Waals surface area (Å²) in [5.41, 5.74) is 0. The Morgan fingerprint density at radius 1 is 0.731 bits per heavy atom. The van der Waals surface area contributed by atoms with E-state index in [-0.39, 0.29) is 13.2 Å². The first kappa shape index (κ1) is 26.0. The molecule has 0 saturated heterocycles. The van der Waals surface area contributed by atoms with Gasteiger partial charge in [0.05, 0.1) is 25.4 Å². The molecule has 0 aromatic carbocycles. The Morgan fingerprint density at radius 3 is 1.69 bits per heavy atom. The van der Waals surface area contributed by atoms with E-state index in [0.29, 0.717) is 19.3 Å². The van der Waals surface area contributed by atoms with E-state index in [1.54, 1.807) is 6.92 Å². The number of aliphatic hydroxyl groups excluding tert-OH is 2. The number of aliphatic hydroxyl groups is 2. The summed E-state index contributed by atoms with van der Waals surface area (Å²) in [5, 5.41) is 20.0.